The van der Waals surface area contributed by atoms with Crippen LogP contribution >= 0.6 is 0 Å². The molecule has 0 aliphatic carbocycles. The summed E-state index contributed by atoms with van der Waals surface area (Å²) in [6.45, 7) is 4.10. The first-order chi connectivity index (χ1) is 8.38. The molecule has 0 spiro atoms. The van der Waals surface area contributed by atoms with Crippen molar-refractivity contribution in [3.05, 3.63) is 29.8 Å². The minimum atomic E-state index is -3.14. The van der Waals surface area contributed by atoms with Crippen molar-refractivity contribution in [1.82, 2.24) is 5.32 Å². The lowest BCUT2D eigenvalue weighted by molar-refractivity contribution is 0.230. The number of benzene rings is 1. The van der Waals surface area contributed by atoms with E-state index < -0.39 is 9.84 Å². The third kappa shape index (κ3) is 4.08. The molecule has 0 fully saturated rings. The zero-order valence-corrected chi connectivity index (χ0v) is 11.9. The third-order valence-electron chi connectivity index (χ3n) is 3.01. The van der Waals surface area contributed by atoms with Crippen LogP contribution in [-0.2, 0) is 9.84 Å². The largest absolute Gasteiger partial charge is 0.395 e. The number of hydrogen-bond acceptors (Lipinski definition) is 4. The summed E-state index contributed by atoms with van der Waals surface area (Å²) >= 11 is 0. The van der Waals surface area contributed by atoms with Gasteiger partial charge in [-0.2, -0.15) is 0 Å². The molecule has 1 aromatic carbocycles. The molecule has 0 aromatic heterocycles. The quantitative estimate of drug-likeness (QED) is 0.823. The van der Waals surface area contributed by atoms with Crippen molar-refractivity contribution in [2.45, 2.75) is 37.2 Å². The average Bonchev–Trinajstić information content (AvgIpc) is 2.34. The van der Waals surface area contributed by atoms with E-state index in [1.807, 2.05) is 13.8 Å². The van der Waals surface area contributed by atoms with Crippen molar-refractivity contribution in [2.75, 3.05) is 12.9 Å². The van der Waals surface area contributed by atoms with Crippen LogP contribution < -0.4 is 5.32 Å². The molecular formula is C13H21NO3S. The molecule has 102 valence electrons. The molecule has 18 heavy (non-hydrogen) atoms. The molecule has 1 rings (SSSR count). The number of hydrogen-bond donors (Lipinski definition) is 2. The van der Waals surface area contributed by atoms with Gasteiger partial charge >= 0.3 is 0 Å². The number of sulfone groups is 1. The number of aliphatic hydroxyl groups is 1. The highest BCUT2D eigenvalue weighted by Gasteiger charge is 2.12. The summed E-state index contributed by atoms with van der Waals surface area (Å²) in [7, 11) is -3.14. The van der Waals surface area contributed by atoms with Gasteiger partial charge in [0, 0.05) is 18.3 Å². The van der Waals surface area contributed by atoms with E-state index in [4.69, 9.17) is 5.11 Å². The molecule has 1 unspecified atom stereocenters. The Morgan fingerprint density at radius 2 is 1.83 bits per heavy atom. The summed E-state index contributed by atoms with van der Waals surface area (Å²) < 4.78 is 22.7. The zero-order valence-electron chi connectivity index (χ0n) is 11.1. The Morgan fingerprint density at radius 3 is 2.22 bits per heavy atom. The Balaban J connectivity index is 2.79. The fourth-order valence-electron chi connectivity index (χ4n) is 1.75. The molecule has 0 heterocycles. The van der Waals surface area contributed by atoms with Gasteiger partial charge in [-0.05, 0) is 31.0 Å². The summed E-state index contributed by atoms with van der Waals surface area (Å²) in [5.41, 5.74) is 1.01. The molecule has 0 aliphatic heterocycles. The van der Waals surface area contributed by atoms with Crippen LogP contribution in [0, 0.1) is 0 Å². The van der Waals surface area contributed by atoms with Crippen molar-refractivity contribution < 1.29 is 13.5 Å². The van der Waals surface area contributed by atoms with Crippen LogP contribution in [0.25, 0.3) is 0 Å². The van der Waals surface area contributed by atoms with E-state index in [1.54, 1.807) is 24.3 Å². The molecule has 0 bridgehead atoms. The van der Waals surface area contributed by atoms with Gasteiger partial charge in [-0.3, -0.25) is 0 Å². The SMILES string of the molecule is CC[C@H](CO)NC(C)c1ccc(S(C)(=O)=O)cc1. The smallest absolute Gasteiger partial charge is 0.175 e. The highest BCUT2D eigenvalue weighted by atomic mass is 32.2. The number of aliphatic hydroxyl groups excluding tert-OH is 1. The highest BCUT2D eigenvalue weighted by Crippen LogP contribution is 2.17. The second kappa shape index (κ2) is 6.31. The van der Waals surface area contributed by atoms with Gasteiger partial charge in [-0.15, -0.1) is 0 Å². The fourth-order valence-corrected chi connectivity index (χ4v) is 2.38. The number of rotatable bonds is 6. The highest BCUT2D eigenvalue weighted by molar-refractivity contribution is 7.90. The Bertz CT molecular complexity index is 464. The first-order valence-corrected chi connectivity index (χ1v) is 7.94. The van der Waals surface area contributed by atoms with Crippen molar-refractivity contribution in [1.29, 1.82) is 0 Å². The lowest BCUT2D eigenvalue weighted by Crippen LogP contribution is -2.33. The van der Waals surface area contributed by atoms with Crippen LogP contribution in [0.2, 0.25) is 0 Å². The van der Waals surface area contributed by atoms with Crippen molar-refractivity contribution in [3.63, 3.8) is 0 Å². The Kier molecular flexibility index (Phi) is 5.31. The second-order valence-corrected chi connectivity index (χ2v) is 6.53. The lowest BCUT2D eigenvalue weighted by Gasteiger charge is -2.21. The molecule has 5 heteroatoms. The van der Waals surface area contributed by atoms with E-state index >= 15 is 0 Å². The van der Waals surface area contributed by atoms with Gasteiger partial charge in [0.15, 0.2) is 9.84 Å². The lowest BCUT2D eigenvalue weighted by atomic mass is 10.1. The molecule has 1 aromatic rings. The molecule has 0 aliphatic rings. The molecule has 0 saturated carbocycles. The molecule has 2 atom stereocenters. The maximum atomic E-state index is 11.3. The zero-order chi connectivity index (χ0) is 13.8. The van der Waals surface area contributed by atoms with E-state index in [2.05, 4.69) is 5.32 Å². The van der Waals surface area contributed by atoms with Gasteiger partial charge < -0.3 is 10.4 Å². The maximum Gasteiger partial charge on any atom is 0.175 e. The predicted molar refractivity (Wildman–Crippen MR) is 72.3 cm³/mol. The van der Waals surface area contributed by atoms with E-state index in [0.29, 0.717) is 4.90 Å². The average molecular weight is 271 g/mol. The van der Waals surface area contributed by atoms with Crippen LogP contribution in [0.5, 0.6) is 0 Å². The van der Waals surface area contributed by atoms with E-state index in [1.165, 1.54) is 6.26 Å². The first kappa shape index (κ1) is 15.1. The summed E-state index contributed by atoms with van der Waals surface area (Å²) in [6, 6.07) is 6.98. The van der Waals surface area contributed by atoms with Crippen LogP contribution in [0.1, 0.15) is 31.9 Å². The maximum absolute atomic E-state index is 11.3. The topological polar surface area (TPSA) is 66.4 Å². The molecule has 2 N–H and O–H groups in total. The predicted octanol–water partition coefficient (Wildman–Crippen LogP) is 1.51. The van der Waals surface area contributed by atoms with Crippen LogP contribution in [0.4, 0.5) is 0 Å². The summed E-state index contributed by atoms with van der Waals surface area (Å²) in [4.78, 5) is 0.327. The van der Waals surface area contributed by atoms with Crippen molar-refractivity contribution >= 4 is 9.84 Å². The third-order valence-corrected chi connectivity index (χ3v) is 4.14. The normalized spacial score (nSPS) is 15.3. The van der Waals surface area contributed by atoms with Crippen LogP contribution in [-0.4, -0.2) is 32.4 Å². The standard InChI is InChI=1S/C13H21NO3S/c1-4-12(9-15)14-10(2)11-5-7-13(8-6-11)18(3,16)17/h5-8,10,12,14-15H,4,9H2,1-3H3/t10?,12-/m1/s1. The molecule has 4 nitrogen and oxygen atoms in total. The molecular weight excluding hydrogens is 250 g/mol. The summed E-state index contributed by atoms with van der Waals surface area (Å²) in [5.74, 6) is 0. The fraction of sp³-hybridized carbons (Fsp3) is 0.538. The minimum absolute atomic E-state index is 0.0644. The van der Waals surface area contributed by atoms with Gasteiger partial charge in [0.1, 0.15) is 0 Å². The second-order valence-electron chi connectivity index (χ2n) is 4.52. The molecule has 0 radical (unpaired) electrons. The Labute approximate surface area is 109 Å². The van der Waals surface area contributed by atoms with Crippen LogP contribution in [0.3, 0.4) is 0 Å². The van der Waals surface area contributed by atoms with Crippen LogP contribution in [0.15, 0.2) is 29.2 Å². The summed E-state index contributed by atoms with van der Waals surface area (Å²) in [5, 5.41) is 12.4. The molecule has 0 amide bonds. The van der Waals surface area contributed by atoms with E-state index in [0.717, 1.165) is 12.0 Å². The van der Waals surface area contributed by atoms with Gasteiger partial charge in [0.2, 0.25) is 0 Å². The Hall–Kier alpha value is -0.910. The van der Waals surface area contributed by atoms with E-state index in [-0.39, 0.29) is 18.7 Å². The van der Waals surface area contributed by atoms with Crippen molar-refractivity contribution in [2.24, 2.45) is 0 Å². The molecule has 0 saturated heterocycles. The monoisotopic (exact) mass is 271 g/mol. The Morgan fingerprint density at radius 1 is 1.28 bits per heavy atom. The number of nitrogens with one attached hydrogen (secondary N) is 1. The van der Waals surface area contributed by atoms with E-state index in [9.17, 15) is 8.42 Å². The minimum Gasteiger partial charge on any atom is -0.395 e. The van der Waals surface area contributed by atoms with Gasteiger partial charge in [-0.1, -0.05) is 19.1 Å². The van der Waals surface area contributed by atoms with Gasteiger partial charge in [0.25, 0.3) is 0 Å². The summed E-state index contributed by atoms with van der Waals surface area (Å²) in [6.07, 6.45) is 2.05. The van der Waals surface area contributed by atoms with Gasteiger partial charge in [-0.25, -0.2) is 8.42 Å². The van der Waals surface area contributed by atoms with Gasteiger partial charge in [0.05, 0.1) is 11.5 Å². The van der Waals surface area contributed by atoms with Crippen molar-refractivity contribution in [3.8, 4) is 0 Å². The first-order valence-electron chi connectivity index (χ1n) is 6.05.